The topological polar surface area (TPSA) is 118 Å². The van der Waals surface area contributed by atoms with Crippen LogP contribution in [0.15, 0.2) is 53.1 Å². The number of aromatic nitrogens is 5. The minimum atomic E-state index is -1.12. The van der Waals surface area contributed by atoms with Gasteiger partial charge in [-0.15, -0.1) is 10.2 Å². The molecule has 0 saturated carbocycles. The molecular formula is C21H19N5O3. The molecular weight excluding hydrogens is 370 g/mol. The summed E-state index contributed by atoms with van der Waals surface area (Å²) >= 11 is 0. The molecule has 8 heteroatoms. The Morgan fingerprint density at radius 2 is 1.97 bits per heavy atom. The molecule has 2 aromatic carbocycles. The average Bonchev–Trinajstić information content (AvgIpc) is 3.40. The van der Waals surface area contributed by atoms with Crippen LogP contribution in [-0.4, -0.2) is 36.9 Å². The third kappa shape index (κ3) is 3.77. The van der Waals surface area contributed by atoms with Crippen LogP contribution in [0.5, 0.6) is 0 Å². The molecule has 0 unspecified atom stereocenters. The lowest BCUT2D eigenvalue weighted by Gasteiger charge is -2.10. The smallest absolute Gasteiger partial charge is 0.375 e. The first kappa shape index (κ1) is 18.5. The molecule has 4 aromatic rings. The Balaban J connectivity index is 1.78. The van der Waals surface area contributed by atoms with E-state index in [1.54, 1.807) is 0 Å². The number of aromatic amines is 1. The number of nitrogens with zero attached hydrogens (tertiary/aromatic N) is 4. The highest BCUT2D eigenvalue weighted by atomic mass is 16.5. The summed E-state index contributed by atoms with van der Waals surface area (Å²) in [4.78, 5) is 11.6. The van der Waals surface area contributed by atoms with Crippen molar-refractivity contribution in [3.63, 3.8) is 0 Å². The molecule has 0 aliphatic carbocycles. The zero-order valence-electron chi connectivity index (χ0n) is 15.8. The van der Waals surface area contributed by atoms with E-state index in [2.05, 4.69) is 25.8 Å². The summed E-state index contributed by atoms with van der Waals surface area (Å²) in [6.45, 7) is 2.02. The quantitative estimate of drug-likeness (QED) is 0.494. The Labute approximate surface area is 166 Å². The van der Waals surface area contributed by atoms with E-state index in [4.69, 9.17) is 4.52 Å². The number of tetrazole rings is 1. The molecule has 0 fully saturated rings. The van der Waals surface area contributed by atoms with Gasteiger partial charge < -0.3 is 9.63 Å². The van der Waals surface area contributed by atoms with Gasteiger partial charge in [-0.2, -0.15) is 5.21 Å². The number of aryl methyl sites for hydroxylation is 1. The SMILES string of the molecule is CCCc1noc(C(=O)O)c1Cc1ccc(-c2ccccc2)c(-c2nn[nH]n2)c1. The fraction of sp³-hybridized carbons (Fsp3) is 0.190. The van der Waals surface area contributed by atoms with Gasteiger partial charge in [0.25, 0.3) is 0 Å². The Morgan fingerprint density at radius 3 is 2.66 bits per heavy atom. The van der Waals surface area contributed by atoms with Gasteiger partial charge in [0.05, 0.1) is 5.69 Å². The molecule has 0 aliphatic rings. The summed E-state index contributed by atoms with van der Waals surface area (Å²) in [5, 5.41) is 27.8. The number of benzene rings is 2. The van der Waals surface area contributed by atoms with E-state index in [9.17, 15) is 9.90 Å². The first-order chi connectivity index (χ1) is 14.2. The monoisotopic (exact) mass is 389 g/mol. The maximum Gasteiger partial charge on any atom is 0.375 e. The number of aromatic carboxylic acids is 1. The summed E-state index contributed by atoms with van der Waals surface area (Å²) in [6.07, 6.45) is 1.89. The maximum atomic E-state index is 11.6. The number of H-pyrrole nitrogens is 1. The second kappa shape index (κ2) is 8.05. The lowest BCUT2D eigenvalue weighted by molar-refractivity contribution is 0.0650. The molecule has 0 aliphatic heterocycles. The summed E-state index contributed by atoms with van der Waals surface area (Å²) in [6, 6.07) is 15.8. The second-order valence-electron chi connectivity index (χ2n) is 6.65. The minimum absolute atomic E-state index is 0.110. The van der Waals surface area contributed by atoms with E-state index in [0.29, 0.717) is 29.9 Å². The van der Waals surface area contributed by atoms with E-state index >= 15 is 0 Å². The van der Waals surface area contributed by atoms with Crippen molar-refractivity contribution in [3.05, 3.63) is 71.1 Å². The van der Waals surface area contributed by atoms with E-state index in [0.717, 1.165) is 28.7 Å². The number of hydrogen-bond acceptors (Lipinski definition) is 6. The molecule has 146 valence electrons. The number of carbonyl (C=O) groups is 1. The third-order valence-corrected chi connectivity index (χ3v) is 4.69. The van der Waals surface area contributed by atoms with E-state index in [1.165, 1.54) is 0 Å². The van der Waals surface area contributed by atoms with Gasteiger partial charge in [0.15, 0.2) is 0 Å². The van der Waals surface area contributed by atoms with Crippen molar-refractivity contribution in [2.45, 2.75) is 26.2 Å². The zero-order valence-corrected chi connectivity index (χ0v) is 15.8. The molecule has 0 amide bonds. The molecule has 0 saturated heterocycles. The molecule has 0 spiro atoms. The summed E-state index contributed by atoms with van der Waals surface area (Å²) in [5.74, 6) is -0.751. The number of carboxylic acid groups (broad SMARTS) is 1. The van der Waals surface area contributed by atoms with Crippen LogP contribution in [0.3, 0.4) is 0 Å². The van der Waals surface area contributed by atoms with Crippen molar-refractivity contribution in [2.24, 2.45) is 0 Å². The molecule has 29 heavy (non-hydrogen) atoms. The molecule has 0 bridgehead atoms. The van der Waals surface area contributed by atoms with E-state index in [-0.39, 0.29) is 5.76 Å². The van der Waals surface area contributed by atoms with Crippen LogP contribution in [0.25, 0.3) is 22.5 Å². The Bertz CT molecular complexity index is 1120. The highest BCUT2D eigenvalue weighted by Crippen LogP contribution is 2.32. The molecule has 8 nitrogen and oxygen atoms in total. The first-order valence-corrected chi connectivity index (χ1v) is 9.30. The molecule has 0 radical (unpaired) electrons. The number of carboxylic acids is 1. The zero-order chi connectivity index (χ0) is 20.2. The highest BCUT2D eigenvalue weighted by molar-refractivity contribution is 5.86. The second-order valence-corrected chi connectivity index (χ2v) is 6.65. The van der Waals surface area contributed by atoms with Crippen LogP contribution in [-0.2, 0) is 12.8 Å². The first-order valence-electron chi connectivity index (χ1n) is 9.30. The predicted molar refractivity (Wildman–Crippen MR) is 105 cm³/mol. The van der Waals surface area contributed by atoms with Gasteiger partial charge in [-0.3, -0.25) is 0 Å². The summed E-state index contributed by atoms with van der Waals surface area (Å²) in [7, 11) is 0. The van der Waals surface area contributed by atoms with Crippen LogP contribution in [0.1, 0.15) is 40.7 Å². The van der Waals surface area contributed by atoms with Crippen LogP contribution in [0, 0.1) is 0 Å². The van der Waals surface area contributed by atoms with Crippen LogP contribution in [0.4, 0.5) is 0 Å². The summed E-state index contributed by atoms with van der Waals surface area (Å²) in [5.41, 5.74) is 5.00. The fourth-order valence-electron chi connectivity index (χ4n) is 3.36. The van der Waals surface area contributed by atoms with Crippen LogP contribution < -0.4 is 0 Å². The van der Waals surface area contributed by atoms with Crippen molar-refractivity contribution >= 4 is 5.97 Å². The van der Waals surface area contributed by atoms with Crippen molar-refractivity contribution < 1.29 is 14.4 Å². The van der Waals surface area contributed by atoms with Gasteiger partial charge >= 0.3 is 5.97 Å². The molecule has 2 N–H and O–H groups in total. The van der Waals surface area contributed by atoms with Gasteiger partial charge in [-0.25, -0.2) is 4.79 Å². The molecule has 4 rings (SSSR count). The van der Waals surface area contributed by atoms with Crippen molar-refractivity contribution in [2.75, 3.05) is 0 Å². The number of rotatable bonds is 7. The van der Waals surface area contributed by atoms with Crippen LogP contribution >= 0.6 is 0 Å². The largest absolute Gasteiger partial charge is 0.475 e. The van der Waals surface area contributed by atoms with E-state index in [1.807, 2.05) is 55.5 Å². The van der Waals surface area contributed by atoms with Crippen LogP contribution in [0.2, 0.25) is 0 Å². The lowest BCUT2D eigenvalue weighted by atomic mass is 9.94. The number of hydrogen-bond donors (Lipinski definition) is 2. The minimum Gasteiger partial charge on any atom is -0.475 e. The maximum absolute atomic E-state index is 11.6. The lowest BCUT2D eigenvalue weighted by Crippen LogP contribution is -2.03. The van der Waals surface area contributed by atoms with Gasteiger partial charge in [0.1, 0.15) is 0 Å². The summed E-state index contributed by atoms with van der Waals surface area (Å²) < 4.78 is 5.09. The van der Waals surface area contributed by atoms with Crippen molar-refractivity contribution in [1.82, 2.24) is 25.8 Å². The Kier molecular flexibility index (Phi) is 5.15. The number of nitrogens with one attached hydrogen (secondary N) is 1. The normalized spacial score (nSPS) is 10.9. The molecule has 2 aromatic heterocycles. The predicted octanol–water partition coefficient (Wildman–Crippen LogP) is 3.76. The van der Waals surface area contributed by atoms with Gasteiger partial charge in [-0.1, -0.05) is 61.0 Å². The highest BCUT2D eigenvalue weighted by Gasteiger charge is 2.22. The van der Waals surface area contributed by atoms with Gasteiger partial charge in [-0.05, 0) is 34.4 Å². The third-order valence-electron chi connectivity index (χ3n) is 4.69. The molecule has 2 heterocycles. The van der Waals surface area contributed by atoms with E-state index < -0.39 is 5.97 Å². The standard InChI is InChI=1S/C21H19N5O3/c1-2-6-18-17(19(21(27)28)29-24-18)12-13-9-10-15(14-7-4-3-5-8-14)16(11-13)20-22-25-26-23-20/h3-5,7-11H,2,6,12H2,1H3,(H,27,28)(H,22,23,25,26). The Hall–Kier alpha value is -3.81. The fourth-order valence-corrected chi connectivity index (χ4v) is 3.36. The van der Waals surface area contributed by atoms with Gasteiger partial charge in [0, 0.05) is 17.5 Å². The van der Waals surface area contributed by atoms with Crippen molar-refractivity contribution in [3.8, 4) is 22.5 Å². The van der Waals surface area contributed by atoms with Crippen molar-refractivity contribution in [1.29, 1.82) is 0 Å². The average molecular weight is 389 g/mol. The molecule has 0 atom stereocenters. The Morgan fingerprint density at radius 1 is 1.14 bits per heavy atom. The van der Waals surface area contributed by atoms with Gasteiger partial charge in [0.2, 0.25) is 11.6 Å².